The third kappa shape index (κ3) is 14.0. The van der Waals surface area contributed by atoms with Crippen LogP contribution >= 0.6 is 0 Å². The number of hydrogen-bond donors (Lipinski definition) is 4. The van der Waals surface area contributed by atoms with Gasteiger partial charge in [0.15, 0.2) is 24.8 Å². The third-order valence-corrected chi connectivity index (χ3v) is 15.6. The molecule has 10 rings (SSSR count). The number of unbranched alkanes of at least 4 members (excludes halogenated alkanes) is 6. The number of para-hydroxylation sites is 2. The van der Waals surface area contributed by atoms with Crippen LogP contribution in [0.2, 0.25) is 0 Å². The van der Waals surface area contributed by atoms with E-state index in [1.54, 1.807) is 81.3 Å². The van der Waals surface area contributed by atoms with Gasteiger partial charge in [0.1, 0.15) is 11.4 Å². The molecule has 8 aromatic rings. The van der Waals surface area contributed by atoms with Gasteiger partial charge in [-0.15, -0.1) is 0 Å². The Balaban J connectivity index is 1.03. The van der Waals surface area contributed by atoms with Gasteiger partial charge in [0, 0.05) is 67.5 Å². The predicted octanol–water partition coefficient (Wildman–Crippen LogP) is 14.5. The van der Waals surface area contributed by atoms with E-state index in [9.17, 15) is 20.4 Å². The van der Waals surface area contributed by atoms with Gasteiger partial charge in [0.25, 0.3) is 11.8 Å². The first-order chi connectivity index (χ1) is 42.4. The van der Waals surface area contributed by atoms with E-state index in [-0.39, 0.29) is 59.6 Å². The van der Waals surface area contributed by atoms with Gasteiger partial charge in [-0.1, -0.05) is 149 Å². The van der Waals surface area contributed by atoms with E-state index in [1.165, 1.54) is 14.1 Å². The molecule has 15 nitrogen and oxygen atoms in total. The second kappa shape index (κ2) is 28.1. The molecule has 4 N–H and O–H groups in total. The molecule has 6 aromatic carbocycles. The van der Waals surface area contributed by atoms with Crippen LogP contribution in [0.3, 0.4) is 0 Å². The molecule has 2 aliphatic rings. The van der Waals surface area contributed by atoms with Crippen molar-refractivity contribution >= 4 is 75.2 Å². The zero-order valence-corrected chi connectivity index (χ0v) is 49.7. The number of fused-ring (bicyclic) bond motifs is 1. The van der Waals surface area contributed by atoms with Gasteiger partial charge in [-0.3, -0.25) is 19.6 Å². The molecule has 15 heteroatoms. The zero-order chi connectivity index (χ0) is 60.8. The van der Waals surface area contributed by atoms with E-state index in [1.807, 2.05) is 77.7 Å². The molecule has 0 aliphatic carbocycles. The van der Waals surface area contributed by atoms with E-state index in [0.29, 0.717) is 63.7 Å². The summed E-state index contributed by atoms with van der Waals surface area (Å²) in [6, 6.07) is 57.1. The lowest BCUT2D eigenvalue weighted by molar-refractivity contribution is -0.682. The first-order valence-electron chi connectivity index (χ1n) is 29.8. The lowest BCUT2D eigenvalue weighted by Crippen LogP contribution is -2.36. The minimum absolute atomic E-state index is 0.0776. The van der Waals surface area contributed by atoms with Gasteiger partial charge in [-0.25, -0.2) is 9.98 Å². The molecule has 2 aliphatic heterocycles. The fourth-order valence-electron chi connectivity index (χ4n) is 11.1. The van der Waals surface area contributed by atoms with Crippen LogP contribution < -0.4 is 14.0 Å². The largest absolute Gasteiger partial charge is 0.493 e. The van der Waals surface area contributed by atoms with Crippen molar-refractivity contribution in [3.63, 3.8) is 0 Å². The van der Waals surface area contributed by atoms with Gasteiger partial charge in [-0.05, 0) is 113 Å². The number of aliphatic hydroxyl groups is 4. The number of carbonyl (C=O) groups excluding carboxylic acids is 2. The summed E-state index contributed by atoms with van der Waals surface area (Å²) < 4.78 is 3.37. The number of amides is 2. The van der Waals surface area contributed by atoms with Crippen molar-refractivity contribution in [2.75, 3.05) is 32.1 Å². The summed E-state index contributed by atoms with van der Waals surface area (Å²) in [6.07, 6.45) is 14.4. The van der Waals surface area contributed by atoms with Crippen molar-refractivity contribution in [1.29, 1.82) is 0 Å². The van der Waals surface area contributed by atoms with Crippen LogP contribution in [-0.4, -0.2) is 92.8 Å². The van der Waals surface area contributed by atoms with Crippen molar-refractivity contribution in [2.24, 2.45) is 20.0 Å². The van der Waals surface area contributed by atoms with Gasteiger partial charge in [-0.2, -0.15) is 9.13 Å². The summed E-state index contributed by atoms with van der Waals surface area (Å²) in [6.45, 7) is 5.44. The highest BCUT2D eigenvalue weighted by molar-refractivity contribution is 6.30. The second-order valence-electron chi connectivity index (χ2n) is 21.6. The fraction of sp³-hybridized carbons (Fsp3) is 0.222. The van der Waals surface area contributed by atoms with E-state index in [4.69, 9.17) is 0 Å². The molecule has 0 spiro atoms. The molecule has 2 aromatic heterocycles. The Morgan fingerprint density at radius 1 is 0.437 bits per heavy atom. The van der Waals surface area contributed by atoms with E-state index >= 15 is 9.59 Å². The number of carbonyl (C=O) groups is 2. The number of anilines is 3. The molecule has 0 atom stereocenters. The minimum Gasteiger partial charge on any atom is -0.493 e. The van der Waals surface area contributed by atoms with Crippen molar-refractivity contribution in [3.05, 3.63) is 234 Å². The normalized spacial score (nSPS) is 14.0. The number of nitrogens with zero attached hydrogens (tertiary/aromatic N) is 9. The second-order valence-corrected chi connectivity index (χ2v) is 21.6. The predicted molar refractivity (Wildman–Crippen MR) is 347 cm³/mol. The van der Waals surface area contributed by atoms with E-state index in [2.05, 4.69) is 99.4 Å². The first kappa shape index (κ1) is 59.9. The molecule has 0 saturated heterocycles. The van der Waals surface area contributed by atoms with Crippen molar-refractivity contribution < 1.29 is 39.1 Å². The fourth-order valence-corrected chi connectivity index (χ4v) is 11.1. The Morgan fingerprint density at radius 3 is 1.22 bits per heavy atom. The summed E-state index contributed by atoms with van der Waals surface area (Å²) in [5, 5.41) is 43.7. The van der Waals surface area contributed by atoms with Crippen LogP contribution in [0.5, 0.6) is 0 Å². The molecule has 87 heavy (non-hydrogen) atoms. The van der Waals surface area contributed by atoms with Gasteiger partial charge >= 0.3 is 0 Å². The number of hydrogen-bond acceptors (Lipinski definition) is 7. The van der Waals surface area contributed by atoms with E-state index in [0.717, 1.165) is 85.1 Å². The number of aliphatic hydroxyl groups excluding tert-OH is 4. The maximum Gasteiger partial charge on any atom is 0.261 e. The first-order valence-corrected chi connectivity index (χ1v) is 29.8. The zero-order valence-electron chi connectivity index (χ0n) is 49.7. The van der Waals surface area contributed by atoms with Crippen molar-refractivity contribution in [2.45, 2.75) is 78.3 Å². The summed E-state index contributed by atoms with van der Waals surface area (Å²) >= 11 is 0. The van der Waals surface area contributed by atoms with Crippen molar-refractivity contribution in [3.8, 4) is 22.3 Å². The molecule has 440 valence electrons. The quantitative estimate of drug-likeness (QED) is 0.0190. The molecule has 0 saturated carbocycles. The smallest absolute Gasteiger partial charge is 0.261 e. The average Bonchev–Trinajstić information content (AvgIpc) is 1.60. The number of rotatable bonds is 25. The summed E-state index contributed by atoms with van der Waals surface area (Å²) in [7, 11) is 2.99. The highest BCUT2D eigenvalue weighted by Crippen LogP contribution is 2.47. The molecule has 0 unspecified atom stereocenters. The van der Waals surface area contributed by atoms with Crippen LogP contribution in [0, 0.1) is 0 Å². The lowest BCUT2D eigenvalue weighted by atomic mass is 9.96. The molecule has 0 fully saturated rings. The van der Waals surface area contributed by atoms with Crippen LogP contribution in [0.4, 0.5) is 28.4 Å². The standard InChI is InChI=1S/C72H71N9O6/c1-5-7-9-17-41-79-67(53-31-27-50(28-32-53)51-35-37-62(38-36-51)81(60-23-13-11-14-24-60)61-25-15-12-16-26-61)65-66(72(79)87)68(80(71(65)86)42-18-10-8-6-2)54-33-29-52(30-34-54)55-43-56(69(84)75-58-21-19-39-77(46-58)48-63(82)73-3)45-57(44-55)70(85)76-59-22-20-40-78(47-59)49-64(83)74-4/h11-16,19-40,43-47H,5-10,17-18,41-42,48-49H2,1-4H3,(H2-2,73,74,75,76,82,83,84,85)/p+2. The highest BCUT2D eigenvalue weighted by atomic mass is 16.3. The Kier molecular flexibility index (Phi) is 19.3. The highest BCUT2D eigenvalue weighted by Gasteiger charge is 2.48. The monoisotopic (exact) mass is 1160 g/mol. The van der Waals surface area contributed by atoms with Crippen LogP contribution in [0.15, 0.2) is 232 Å². The van der Waals surface area contributed by atoms with Gasteiger partial charge in [0.05, 0.1) is 22.5 Å². The van der Waals surface area contributed by atoms with Crippen LogP contribution in [0.25, 0.3) is 33.6 Å². The van der Waals surface area contributed by atoms with Crippen LogP contribution in [-0.2, 0) is 22.7 Å². The van der Waals surface area contributed by atoms with Crippen LogP contribution in [0.1, 0.15) is 87.5 Å². The molecular weight excluding hydrogens is 1090 g/mol. The molecule has 0 bridgehead atoms. The van der Waals surface area contributed by atoms with Gasteiger partial charge < -0.3 is 35.1 Å². The van der Waals surface area contributed by atoms with Crippen molar-refractivity contribution in [1.82, 2.24) is 9.80 Å². The topological polar surface area (TPSA) is 182 Å². The molecule has 4 heterocycles. The molecule has 2 amide bonds. The number of pyridine rings is 2. The number of aromatic nitrogens is 2. The third-order valence-electron chi connectivity index (χ3n) is 15.6. The Hall–Kier alpha value is -10.3. The summed E-state index contributed by atoms with van der Waals surface area (Å²) in [5.41, 5.74) is 11.3. The SMILES string of the molecule is CCCCCCN1C(=O)C2=C(c3ccc(-c4cc(C(O)=Nc5ccc[n+](CC(O)=NC)c5)cc(C(O)=Nc5ccc[n+](CC(O)=NC)c5)c4)cc3)N(CCCCCC)C(=O)C2=C1c1ccc(-c2ccc(N(c3ccccc3)c3ccccc3)cc2)cc1. The number of benzene rings is 6. The Morgan fingerprint density at radius 2 is 0.816 bits per heavy atom. The average molecular weight is 1160 g/mol. The summed E-state index contributed by atoms with van der Waals surface area (Å²) in [4.78, 5) is 53.3. The molecule has 0 radical (unpaired) electrons. The maximum absolute atomic E-state index is 15.3. The maximum atomic E-state index is 15.3. The Labute approximate surface area is 508 Å². The summed E-state index contributed by atoms with van der Waals surface area (Å²) in [5.74, 6) is -1.23. The van der Waals surface area contributed by atoms with E-state index < -0.39 is 0 Å². The molecular formula is C72H73N9O6+2. The minimum atomic E-state index is -0.344. The van der Waals surface area contributed by atoms with Gasteiger partial charge in [0.2, 0.25) is 36.7 Å². The lowest BCUT2D eigenvalue weighted by Gasteiger charge is -2.26. The number of aliphatic imine (C=N–C) groups is 4. The Bertz CT molecular complexity index is 3810.